The number of nitrogens with two attached hydrogens (primary N) is 1. The molecular formula is C14H19N3O2. The van der Waals surface area contributed by atoms with Crippen molar-refractivity contribution in [2.75, 3.05) is 37.9 Å². The molecule has 0 aliphatic heterocycles. The van der Waals surface area contributed by atoms with Gasteiger partial charge in [-0.05, 0) is 30.3 Å². The van der Waals surface area contributed by atoms with Crippen molar-refractivity contribution < 1.29 is 9.84 Å². The maximum Gasteiger partial charge on any atom is 0.129 e. The fraction of sp³-hybridized carbons (Fsp3) is 0.357. The molecule has 1 heterocycles. The number of methoxy groups -OCH3 is 1. The lowest BCUT2D eigenvalue weighted by molar-refractivity contribution is 0.0694. The van der Waals surface area contributed by atoms with Gasteiger partial charge in [-0.25, -0.2) is 4.98 Å². The molecule has 19 heavy (non-hydrogen) atoms. The molecule has 1 aromatic carbocycles. The molecule has 1 atom stereocenters. The lowest BCUT2D eigenvalue weighted by Crippen LogP contribution is -2.32. The molecule has 2 rings (SSSR count). The first-order valence-corrected chi connectivity index (χ1v) is 6.14. The summed E-state index contributed by atoms with van der Waals surface area (Å²) in [4.78, 5) is 6.45. The SMILES string of the molecule is COCC(O)CN(C)c1ccc2cc(N)ccc2n1. The van der Waals surface area contributed by atoms with Crippen LogP contribution in [0.4, 0.5) is 11.5 Å². The predicted octanol–water partition coefficient (Wildman–Crippen LogP) is 1.26. The molecule has 0 saturated carbocycles. The summed E-state index contributed by atoms with van der Waals surface area (Å²) in [5, 5.41) is 10.7. The van der Waals surface area contributed by atoms with Crippen molar-refractivity contribution in [2.24, 2.45) is 0 Å². The van der Waals surface area contributed by atoms with Crippen molar-refractivity contribution in [2.45, 2.75) is 6.10 Å². The van der Waals surface area contributed by atoms with E-state index in [1.54, 1.807) is 7.11 Å². The molecule has 0 fully saturated rings. The fourth-order valence-electron chi connectivity index (χ4n) is 2.00. The number of anilines is 2. The number of nitrogens with zero attached hydrogens (tertiary/aromatic N) is 2. The number of hydrogen-bond acceptors (Lipinski definition) is 5. The van der Waals surface area contributed by atoms with Gasteiger partial charge in [-0.15, -0.1) is 0 Å². The minimum Gasteiger partial charge on any atom is -0.399 e. The van der Waals surface area contributed by atoms with Crippen molar-refractivity contribution in [3.05, 3.63) is 30.3 Å². The van der Waals surface area contributed by atoms with Crippen LogP contribution in [0.15, 0.2) is 30.3 Å². The maximum absolute atomic E-state index is 9.72. The number of likely N-dealkylation sites (N-methyl/N-ethyl adjacent to an activating group) is 1. The Morgan fingerprint density at radius 3 is 2.89 bits per heavy atom. The van der Waals surface area contributed by atoms with Gasteiger partial charge < -0.3 is 20.5 Å². The summed E-state index contributed by atoms with van der Waals surface area (Å²) in [7, 11) is 3.46. The van der Waals surface area contributed by atoms with E-state index in [9.17, 15) is 5.11 Å². The van der Waals surface area contributed by atoms with Gasteiger partial charge in [0.1, 0.15) is 5.82 Å². The molecule has 0 bridgehead atoms. The monoisotopic (exact) mass is 261 g/mol. The molecular weight excluding hydrogens is 242 g/mol. The molecule has 0 aliphatic carbocycles. The smallest absolute Gasteiger partial charge is 0.129 e. The van der Waals surface area contributed by atoms with E-state index in [4.69, 9.17) is 10.5 Å². The van der Waals surface area contributed by atoms with Crippen LogP contribution in [-0.2, 0) is 4.74 Å². The molecule has 3 N–H and O–H groups in total. The Hall–Kier alpha value is -1.85. The highest BCUT2D eigenvalue weighted by atomic mass is 16.5. The van der Waals surface area contributed by atoms with Gasteiger partial charge in [0.05, 0.1) is 18.2 Å². The number of nitrogen functional groups attached to an aromatic ring is 1. The van der Waals surface area contributed by atoms with Gasteiger partial charge >= 0.3 is 0 Å². The first-order chi connectivity index (χ1) is 9.10. The maximum atomic E-state index is 9.72. The van der Waals surface area contributed by atoms with Gasteiger partial charge in [-0.1, -0.05) is 0 Å². The third-order valence-electron chi connectivity index (χ3n) is 2.93. The summed E-state index contributed by atoms with van der Waals surface area (Å²) in [5.74, 6) is 0.812. The second-order valence-electron chi connectivity index (χ2n) is 4.61. The average molecular weight is 261 g/mol. The largest absolute Gasteiger partial charge is 0.399 e. The Morgan fingerprint density at radius 2 is 2.16 bits per heavy atom. The average Bonchev–Trinajstić information content (AvgIpc) is 2.38. The summed E-state index contributed by atoms with van der Waals surface area (Å²) in [6.45, 7) is 0.787. The lowest BCUT2D eigenvalue weighted by Gasteiger charge is -2.21. The van der Waals surface area contributed by atoms with Crippen LogP contribution in [0.1, 0.15) is 0 Å². The summed E-state index contributed by atoms with van der Waals surface area (Å²) in [6.07, 6.45) is -0.529. The van der Waals surface area contributed by atoms with Gasteiger partial charge in [-0.2, -0.15) is 0 Å². The van der Waals surface area contributed by atoms with Crippen molar-refractivity contribution in [3.63, 3.8) is 0 Å². The molecule has 1 unspecified atom stereocenters. The number of fused-ring (bicyclic) bond motifs is 1. The van der Waals surface area contributed by atoms with Crippen molar-refractivity contribution in [3.8, 4) is 0 Å². The molecule has 0 spiro atoms. The van der Waals surface area contributed by atoms with E-state index in [1.807, 2.05) is 42.3 Å². The highest BCUT2D eigenvalue weighted by Gasteiger charge is 2.10. The van der Waals surface area contributed by atoms with E-state index in [-0.39, 0.29) is 0 Å². The number of benzene rings is 1. The van der Waals surface area contributed by atoms with E-state index in [1.165, 1.54) is 0 Å². The van der Waals surface area contributed by atoms with Crippen LogP contribution in [0.25, 0.3) is 10.9 Å². The highest BCUT2D eigenvalue weighted by molar-refractivity contribution is 5.83. The molecule has 2 aromatic rings. The van der Waals surface area contributed by atoms with Gasteiger partial charge in [0.15, 0.2) is 0 Å². The van der Waals surface area contributed by atoms with E-state index >= 15 is 0 Å². The molecule has 102 valence electrons. The number of ether oxygens (including phenoxy) is 1. The second-order valence-corrected chi connectivity index (χ2v) is 4.61. The number of aliphatic hydroxyl groups is 1. The standard InChI is InChI=1S/C14H19N3O2/c1-17(8-12(18)9-19-2)14-6-3-10-7-11(15)4-5-13(10)16-14/h3-7,12,18H,8-9,15H2,1-2H3. The Labute approximate surface area is 112 Å². The predicted molar refractivity (Wildman–Crippen MR) is 77.3 cm³/mol. The van der Waals surface area contributed by atoms with Crippen molar-refractivity contribution >= 4 is 22.4 Å². The zero-order valence-electron chi connectivity index (χ0n) is 11.2. The number of rotatable bonds is 5. The first kappa shape index (κ1) is 13.6. The second kappa shape index (κ2) is 5.86. The first-order valence-electron chi connectivity index (χ1n) is 6.14. The molecule has 0 saturated heterocycles. The van der Waals surface area contributed by atoms with Crippen LogP contribution in [0.5, 0.6) is 0 Å². The zero-order chi connectivity index (χ0) is 13.8. The van der Waals surface area contributed by atoms with E-state index in [0.717, 1.165) is 22.4 Å². The van der Waals surface area contributed by atoms with Crippen LogP contribution < -0.4 is 10.6 Å². The Bertz CT molecular complexity index is 559. The highest BCUT2D eigenvalue weighted by Crippen LogP contribution is 2.19. The number of pyridine rings is 1. The molecule has 5 heteroatoms. The van der Waals surface area contributed by atoms with E-state index < -0.39 is 6.10 Å². The van der Waals surface area contributed by atoms with Crippen LogP contribution in [0.3, 0.4) is 0 Å². The number of hydrogen-bond donors (Lipinski definition) is 2. The minimum atomic E-state index is -0.529. The third-order valence-corrected chi connectivity index (χ3v) is 2.93. The van der Waals surface area contributed by atoms with Gasteiger partial charge in [0.25, 0.3) is 0 Å². The van der Waals surface area contributed by atoms with Crippen LogP contribution in [0.2, 0.25) is 0 Å². The van der Waals surface area contributed by atoms with E-state index in [0.29, 0.717) is 13.2 Å². The fourth-order valence-corrected chi connectivity index (χ4v) is 2.00. The summed E-state index contributed by atoms with van der Waals surface area (Å²) >= 11 is 0. The van der Waals surface area contributed by atoms with Crippen LogP contribution in [-0.4, -0.2) is 43.5 Å². The lowest BCUT2D eigenvalue weighted by atomic mass is 10.2. The Morgan fingerprint density at radius 1 is 1.37 bits per heavy atom. The topological polar surface area (TPSA) is 71.6 Å². The van der Waals surface area contributed by atoms with Crippen molar-refractivity contribution in [1.82, 2.24) is 4.98 Å². The Balaban J connectivity index is 2.18. The summed E-state index contributed by atoms with van der Waals surface area (Å²) in [5.41, 5.74) is 7.35. The summed E-state index contributed by atoms with van der Waals surface area (Å²) < 4.78 is 4.91. The van der Waals surface area contributed by atoms with Crippen LogP contribution in [0, 0.1) is 0 Å². The molecule has 0 amide bonds. The quantitative estimate of drug-likeness (QED) is 0.793. The third kappa shape index (κ3) is 3.33. The zero-order valence-corrected chi connectivity index (χ0v) is 11.2. The molecule has 0 aliphatic rings. The van der Waals surface area contributed by atoms with Gasteiger partial charge in [-0.3, -0.25) is 0 Å². The van der Waals surface area contributed by atoms with E-state index in [2.05, 4.69) is 4.98 Å². The normalized spacial score (nSPS) is 12.6. The van der Waals surface area contributed by atoms with Crippen LogP contribution >= 0.6 is 0 Å². The number of aromatic nitrogens is 1. The minimum absolute atomic E-state index is 0.314. The Kier molecular flexibility index (Phi) is 4.19. The molecule has 5 nitrogen and oxygen atoms in total. The number of aliphatic hydroxyl groups excluding tert-OH is 1. The molecule has 0 radical (unpaired) electrons. The summed E-state index contributed by atoms with van der Waals surface area (Å²) in [6, 6.07) is 9.52. The van der Waals surface area contributed by atoms with Gasteiger partial charge in [0.2, 0.25) is 0 Å². The van der Waals surface area contributed by atoms with Crippen molar-refractivity contribution in [1.29, 1.82) is 0 Å². The molecule has 1 aromatic heterocycles. The van der Waals surface area contributed by atoms with Gasteiger partial charge in [0, 0.05) is 31.8 Å².